The summed E-state index contributed by atoms with van der Waals surface area (Å²) in [7, 11) is 0. The second-order valence-electron chi connectivity index (χ2n) is 3.40. The van der Waals surface area contributed by atoms with Gasteiger partial charge in [-0.2, -0.15) is 0 Å². The van der Waals surface area contributed by atoms with Crippen LogP contribution in [0.25, 0.3) is 0 Å². The Balaban J connectivity index is 2.72. The zero-order chi connectivity index (χ0) is 12.0. The lowest BCUT2D eigenvalue weighted by atomic mass is 10.2. The zero-order valence-electron chi connectivity index (χ0n) is 8.90. The van der Waals surface area contributed by atoms with Crippen LogP contribution in [-0.4, -0.2) is 30.7 Å². The SMILES string of the molecule is NCCN(CCC(=O)O)c1cccc(F)c1. The van der Waals surface area contributed by atoms with Crippen LogP contribution in [0.4, 0.5) is 10.1 Å². The molecule has 0 bridgehead atoms. The summed E-state index contributed by atoms with van der Waals surface area (Å²) in [5.41, 5.74) is 6.09. The first-order chi connectivity index (χ1) is 7.63. The normalized spacial score (nSPS) is 10.1. The third-order valence-electron chi connectivity index (χ3n) is 2.17. The predicted octanol–water partition coefficient (Wildman–Crippen LogP) is 1.07. The number of carboxylic acid groups (broad SMARTS) is 1. The molecule has 0 spiro atoms. The van der Waals surface area contributed by atoms with Gasteiger partial charge < -0.3 is 15.7 Å². The number of hydrogen-bond donors (Lipinski definition) is 2. The Kier molecular flexibility index (Phi) is 4.72. The van der Waals surface area contributed by atoms with Gasteiger partial charge in [-0.05, 0) is 18.2 Å². The topological polar surface area (TPSA) is 66.6 Å². The highest BCUT2D eigenvalue weighted by Gasteiger charge is 2.08. The number of nitrogens with zero attached hydrogens (tertiary/aromatic N) is 1. The van der Waals surface area contributed by atoms with Gasteiger partial charge in [0.25, 0.3) is 0 Å². The van der Waals surface area contributed by atoms with E-state index >= 15 is 0 Å². The summed E-state index contributed by atoms with van der Waals surface area (Å²) in [5.74, 6) is -1.21. The molecule has 0 aliphatic heterocycles. The van der Waals surface area contributed by atoms with Crippen LogP contribution in [0, 0.1) is 5.82 Å². The first-order valence-electron chi connectivity index (χ1n) is 5.06. The molecule has 1 aromatic carbocycles. The van der Waals surface area contributed by atoms with Crippen molar-refractivity contribution >= 4 is 11.7 Å². The number of rotatable bonds is 6. The van der Waals surface area contributed by atoms with Gasteiger partial charge in [-0.3, -0.25) is 4.79 Å². The average molecular weight is 226 g/mol. The van der Waals surface area contributed by atoms with E-state index in [2.05, 4.69) is 0 Å². The van der Waals surface area contributed by atoms with Crippen molar-refractivity contribution in [2.75, 3.05) is 24.5 Å². The summed E-state index contributed by atoms with van der Waals surface area (Å²) >= 11 is 0. The molecule has 3 N–H and O–H groups in total. The molecule has 0 heterocycles. The molecular formula is C11H15FN2O2. The molecule has 0 saturated carbocycles. The minimum atomic E-state index is -0.876. The third-order valence-corrected chi connectivity index (χ3v) is 2.17. The fraction of sp³-hybridized carbons (Fsp3) is 0.364. The number of aliphatic carboxylic acids is 1. The van der Waals surface area contributed by atoms with E-state index in [1.165, 1.54) is 12.1 Å². The van der Waals surface area contributed by atoms with Crippen molar-refractivity contribution in [2.24, 2.45) is 5.73 Å². The van der Waals surface area contributed by atoms with Crippen LogP contribution in [0.2, 0.25) is 0 Å². The van der Waals surface area contributed by atoms with E-state index in [1.807, 2.05) is 0 Å². The van der Waals surface area contributed by atoms with Crippen molar-refractivity contribution in [1.82, 2.24) is 0 Å². The van der Waals surface area contributed by atoms with Crippen LogP contribution in [0.5, 0.6) is 0 Å². The van der Waals surface area contributed by atoms with Crippen molar-refractivity contribution in [3.8, 4) is 0 Å². The number of hydrogen-bond acceptors (Lipinski definition) is 3. The van der Waals surface area contributed by atoms with Gasteiger partial charge in [0.2, 0.25) is 0 Å². The molecule has 0 radical (unpaired) electrons. The summed E-state index contributed by atoms with van der Waals surface area (Å²) in [6, 6.07) is 6.05. The van der Waals surface area contributed by atoms with E-state index in [4.69, 9.17) is 10.8 Å². The zero-order valence-corrected chi connectivity index (χ0v) is 8.90. The molecule has 0 aliphatic carbocycles. The molecule has 4 nitrogen and oxygen atoms in total. The molecule has 5 heteroatoms. The lowest BCUT2D eigenvalue weighted by Crippen LogP contribution is -2.31. The molecule has 0 atom stereocenters. The Labute approximate surface area is 93.5 Å². The average Bonchev–Trinajstić information content (AvgIpc) is 2.24. The van der Waals surface area contributed by atoms with Crippen molar-refractivity contribution in [3.05, 3.63) is 30.1 Å². The van der Waals surface area contributed by atoms with Crippen molar-refractivity contribution < 1.29 is 14.3 Å². The number of nitrogens with two attached hydrogens (primary N) is 1. The molecule has 0 aliphatic rings. The van der Waals surface area contributed by atoms with Gasteiger partial charge >= 0.3 is 5.97 Å². The molecule has 0 aromatic heterocycles. The van der Waals surface area contributed by atoms with Gasteiger partial charge in [0.1, 0.15) is 5.82 Å². The second-order valence-corrected chi connectivity index (χ2v) is 3.40. The predicted molar refractivity (Wildman–Crippen MR) is 59.9 cm³/mol. The monoisotopic (exact) mass is 226 g/mol. The highest BCUT2D eigenvalue weighted by molar-refractivity contribution is 5.67. The molecule has 88 valence electrons. The summed E-state index contributed by atoms with van der Waals surface area (Å²) < 4.78 is 13.0. The maximum absolute atomic E-state index is 13.0. The Morgan fingerprint density at radius 2 is 2.19 bits per heavy atom. The van der Waals surface area contributed by atoms with Crippen LogP contribution < -0.4 is 10.6 Å². The quantitative estimate of drug-likeness (QED) is 0.761. The number of carbonyl (C=O) groups is 1. The number of carboxylic acids is 1. The van der Waals surface area contributed by atoms with Gasteiger partial charge in [0.15, 0.2) is 0 Å². The molecule has 0 saturated heterocycles. The smallest absolute Gasteiger partial charge is 0.305 e. The van der Waals surface area contributed by atoms with Gasteiger partial charge in [-0.1, -0.05) is 6.07 Å². The first kappa shape index (κ1) is 12.4. The number of halogens is 1. The summed E-state index contributed by atoms with van der Waals surface area (Å²) in [6.07, 6.45) is 0.0104. The minimum absolute atomic E-state index is 0.0104. The van der Waals surface area contributed by atoms with Crippen LogP contribution in [-0.2, 0) is 4.79 Å². The molecule has 0 unspecified atom stereocenters. The van der Waals surface area contributed by atoms with E-state index in [-0.39, 0.29) is 12.2 Å². The molecule has 0 fully saturated rings. The Morgan fingerprint density at radius 3 is 2.75 bits per heavy atom. The van der Waals surface area contributed by atoms with E-state index in [9.17, 15) is 9.18 Å². The Morgan fingerprint density at radius 1 is 1.44 bits per heavy atom. The first-order valence-corrected chi connectivity index (χ1v) is 5.06. The van der Waals surface area contributed by atoms with Gasteiger partial charge in [0.05, 0.1) is 6.42 Å². The molecule has 16 heavy (non-hydrogen) atoms. The van der Waals surface area contributed by atoms with Gasteiger partial charge in [-0.25, -0.2) is 4.39 Å². The standard InChI is InChI=1S/C11H15FN2O2/c12-9-2-1-3-10(8-9)14(7-5-13)6-4-11(15)16/h1-3,8H,4-7,13H2,(H,15,16). The van der Waals surface area contributed by atoms with Crippen LogP contribution in [0.15, 0.2) is 24.3 Å². The second kappa shape index (κ2) is 6.07. The van der Waals surface area contributed by atoms with E-state index in [1.54, 1.807) is 17.0 Å². The number of anilines is 1. The summed E-state index contributed by atoms with van der Waals surface area (Å²) in [6.45, 7) is 1.24. The van der Waals surface area contributed by atoms with Gasteiger partial charge in [-0.15, -0.1) is 0 Å². The molecular weight excluding hydrogens is 211 g/mol. The lowest BCUT2D eigenvalue weighted by molar-refractivity contribution is -0.136. The van der Waals surface area contributed by atoms with Crippen molar-refractivity contribution in [3.63, 3.8) is 0 Å². The lowest BCUT2D eigenvalue weighted by Gasteiger charge is -2.23. The van der Waals surface area contributed by atoms with E-state index < -0.39 is 5.97 Å². The van der Waals surface area contributed by atoms with Gasteiger partial charge in [0, 0.05) is 25.3 Å². The highest BCUT2D eigenvalue weighted by atomic mass is 19.1. The summed E-state index contributed by atoms with van der Waals surface area (Å²) in [5, 5.41) is 8.60. The fourth-order valence-corrected chi connectivity index (χ4v) is 1.43. The largest absolute Gasteiger partial charge is 0.481 e. The summed E-state index contributed by atoms with van der Waals surface area (Å²) in [4.78, 5) is 12.2. The van der Waals surface area contributed by atoms with Crippen molar-refractivity contribution in [1.29, 1.82) is 0 Å². The van der Waals surface area contributed by atoms with Crippen LogP contribution in [0.3, 0.4) is 0 Å². The van der Waals surface area contributed by atoms with E-state index in [0.717, 1.165) is 0 Å². The Bertz CT molecular complexity index is 358. The maximum atomic E-state index is 13.0. The number of benzene rings is 1. The van der Waals surface area contributed by atoms with E-state index in [0.29, 0.717) is 25.3 Å². The molecule has 1 rings (SSSR count). The maximum Gasteiger partial charge on any atom is 0.305 e. The highest BCUT2D eigenvalue weighted by Crippen LogP contribution is 2.15. The fourth-order valence-electron chi connectivity index (χ4n) is 1.43. The third kappa shape index (κ3) is 3.86. The minimum Gasteiger partial charge on any atom is -0.481 e. The molecule has 0 amide bonds. The van der Waals surface area contributed by atoms with Crippen molar-refractivity contribution in [2.45, 2.75) is 6.42 Å². The molecule has 1 aromatic rings. The van der Waals surface area contributed by atoms with Crippen LogP contribution in [0.1, 0.15) is 6.42 Å². The van der Waals surface area contributed by atoms with Crippen LogP contribution >= 0.6 is 0 Å². The Hall–Kier alpha value is -1.62.